The molecule has 0 spiro atoms. The molecule has 2 fully saturated rings. The molecule has 0 amide bonds. The molecule has 3 aromatic rings. The largest absolute Gasteiger partial charge is 0.459 e. The average molecular weight is 516 g/mol. The van der Waals surface area contributed by atoms with Gasteiger partial charge in [-0.3, -0.25) is 0 Å². The topological polar surface area (TPSA) is 123 Å². The number of piperidine rings is 1. The van der Waals surface area contributed by atoms with Crippen LogP contribution in [0.25, 0.3) is 5.65 Å². The zero-order valence-electron chi connectivity index (χ0n) is 20.7. The van der Waals surface area contributed by atoms with Crippen LogP contribution in [-0.4, -0.2) is 77.8 Å². The number of benzene rings is 1. The van der Waals surface area contributed by atoms with E-state index in [1.54, 1.807) is 22.8 Å². The van der Waals surface area contributed by atoms with E-state index in [0.29, 0.717) is 43.5 Å². The van der Waals surface area contributed by atoms with Crippen molar-refractivity contribution in [2.75, 3.05) is 44.7 Å². The SMILES string of the molecule is CC(C)c1cnn2c(NCc3ccccc3S(=O)(=O)N3CCOCC3)nc(OC3CCCNC3)nc12. The summed E-state index contributed by atoms with van der Waals surface area (Å²) in [5, 5.41) is 11.1. The van der Waals surface area contributed by atoms with E-state index in [2.05, 4.69) is 39.5 Å². The second kappa shape index (κ2) is 10.7. The van der Waals surface area contributed by atoms with Crippen LogP contribution >= 0.6 is 0 Å². The van der Waals surface area contributed by atoms with E-state index in [1.807, 2.05) is 12.1 Å². The first-order valence-corrected chi connectivity index (χ1v) is 13.9. The summed E-state index contributed by atoms with van der Waals surface area (Å²) in [6.45, 7) is 7.64. The quantitative estimate of drug-likeness (QED) is 0.464. The summed E-state index contributed by atoms with van der Waals surface area (Å²) >= 11 is 0. The average Bonchev–Trinajstić information content (AvgIpc) is 3.33. The van der Waals surface area contributed by atoms with Gasteiger partial charge in [-0.2, -0.15) is 23.9 Å². The minimum absolute atomic E-state index is 0.00105. The second-order valence-electron chi connectivity index (χ2n) is 9.38. The van der Waals surface area contributed by atoms with Crippen LogP contribution in [0.5, 0.6) is 6.01 Å². The van der Waals surface area contributed by atoms with Crippen molar-refractivity contribution in [3.8, 4) is 6.01 Å². The van der Waals surface area contributed by atoms with Crippen LogP contribution < -0.4 is 15.4 Å². The Morgan fingerprint density at radius 1 is 1.22 bits per heavy atom. The molecular formula is C24H33N7O4S. The minimum Gasteiger partial charge on any atom is -0.459 e. The first-order chi connectivity index (χ1) is 17.4. The van der Waals surface area contributed by atoms with E-state index in [1.165, 1.54) is 4.31 Å². The number of nitrogens with one attached hydrogen (secondary N) is 2. The molecule has 0 aliphatic carbocycles. The van der Waals surface area contributed by atoms with Gasteiger partial charge in [0.2, 0.25) is 16.0 Å². The van der Waals surface area contributed by atoms with Crippen molar-refractivity contribution in [2.45, 2.75) is 50.2 Å². The Balaban J connectivity index is 1.44. The lowest BCUT2D eigenvalue weighted by atomic mass is 10.1. The molecule has 1 atom stereocenters. The highest BCUT2D eigenvalue weighted by molar-refractivity contribution is 7.89. The molecule has 0 saturated carbocycles. The Kier molecular flexibility index (Phi) is 7.37. The third kappa shape index (κ3) is 5.17. The van der Waals surface area contributed by atoms with Crippen molar-refractivity contribution in [2.24, 2.45) is 0 Å². The van der Waals surface area contributed by atoms with Gasteiger partial charge in [-0.25, -0.2) is 8.42 Å². The zero-order valence-corrected chi connectivity index (χ0v) is 21.5. The van der Waals surface area contributed by atoms with Gasteiger partial charge in [0.05, 0.1) is 24.3 Å². The summed E-state index contributed by atoms with van der Waals surface area (Å²) in [5.74, 6) is 0.665. The van der Waals surface area contributed by atoms with E-state index in [9.17, 15) is 8.42 Å². The van der Waals surface area contributed by atoms with Crippen molar-refractivity contribution in [3.05, 3.63) is 41.6 Å². The molecule has 2 N–H and O–H groups in total. The Morgan fingerprint density at radius 3 is 2.78 bits per heavy atom. The fourth-order valence-electron chi connectivity index (χ4n) is 4.52. The summed E-state index contributed by atoms with van der Waals surface area (Å²) in [5.41, 5.74) is 2.31. The Labute approximate surface area is 211 Å². The lowest BCUT2D eigenvalue weighted by Crippen LogP contribution is -2.41. The van der Waals surface area contributed by atoms with Crippen LogP contribution in [0.15, 0.2) is 35.4 Å². The summed E-state index contributed by atoms with van der Waals surface area (Å²) in [6, 6.07) is 7.32. The van der Waals surface area contributed by atoms with Gasteiger partial charge >= 0.3 is 6.01 Å². The number of anilines is 1. The summed E-state index contributed by atoms with van der Waals surface area (Å²) < 4.78 is 41.3. The first kappa shape index (κ1) is 24.9. The maximum Gasteiger partial charge on any atom is 0.322 e. The molecule has 194 valence electrons. The van der Waals surface area contributed by atoms with Crippen molar-refractivity contribution in [1.82, 2.24) is 29.2 Å². The molecule has 2 aliphatic rings. The van der Waals surface area contributed by atoms with Crippen LogP contribution in [0, 0.1) is 0 Å². The maximum absolute atomic E-state index is 13.4. The lowest BCUT2D eigenvalue weighted by molar-refractivity contribution is 0.0730. The highest BCUT2D eigenvalue weighted by atomic mass is 32.2. The van der Waals surface area contributed by atoms with E-state index >= 15 is 0 Å². The number of ether oxygens (including phenoxy) is 2. The van der Waals surface area contributed by atoms with E-state index < -0.39 is 10.0 Å². The van der Waals surface area contributed by atoms with Gasteiger partial charge in [0.25, 0.3) is 0 Å². The van der Waals surface area contributed by atoms with Crippen molar-refractivity contribution in [3.63, 3.8) is 0 Å². The number of fused-ring (bicyclic) bond motifs is 1. The number of sulfonamides is 1. The summed E-state index contributed by atoms with van der Waals surface area (Å²) in [4.78, 5) is 9.56. The standard InChI is InChI=1S/C24H33N7O4S/c1-17(2)20-16-27-31-22(20)28-24(35-19-7-5-9-25-15-19)29-23(31)26-14-18-6-3-4-8-21(18)36(32,33)30-10-12-34-13-11-30/h3-4,6,8,16-17,19,25H,5,7,9-15H2,1-2H3,(H,26,28,29). The number of morpholine rings is 1. The number of hydrogen-bond donors (Lipinski definition) is 2. The molecule has 0 bridgehead atoms. The van der Waals surface area contributed by atoms with Gasteiger partial charge in [0, 0.05) is 31.7 Å². The summed E-state index contributed by atoms with van der Waals surface area (Å²) in [6.07, 6.45) is 3.77. The fourth-order valence-corrected chi connectivity index (χ4v) is 6.15. The molecule has 2 aliphatic heterocycles. The minimum atomic E-state index is -3.65. The van der Waals surface area contributed by atoms with Crippen LogP contribution in [0.4, 0.5) is 5.95 Å². The predicted octanol–water partition coefficient (Wildman–Crippen LogP) is 2.01. The van der Waals surface area contributed by atoms with Crippen molar-refractivity contribution < 1.29 is 17.9 Å². The Morgan fingerprint density at radius 2 is 2.03 bits per heavy atom. The van der Waals surface area contributed by atoms with E-state index in [-0.39, 0.29) is 29.5 Å². The van der Waals surface area contributed by atoms with Crippen LogP contribution in [0.2, 0.25) is 0 Å². The molecular weight excluding hydrogens is 482 g/mol. The van der Waals surface area contributed by atoms with E-state index in [4.69, 9.17) is 9.47 Å². The van der Waals surface area contributed by atoms with E-state index in [0.717, 1.165) is 31.5 Å². The monoisotopic (exact) mass is 515 g/mol. The molecule has 12 heteroatoms. The molecule has 1 aromatic carbocycles. The molecule has 1 unspecified atom stereocenters. The fraction of sp³-hybridized carbons (Fsp3) is 0.542. The Bertz CT molecular complexity index is 1300. The molecule has 5 rings (SSSR count). The predicted molar refractivity (Wildman–Crippen MR) is 135 cm³/mol. The molecule has 2 saturated heterocycles. The van der Waals surface area contributed by atoms with Crippen LogP contribution in [0.1, 0.15) is 43.7 Å². The van der Waals surface area contributed by atoms with Gasteiger partial charge in [-0.1, -0.05) is 32.0 Å². The lowest BCUT2D eigenvalue weighted by Gasteiger charge is -2.27. The normalized spacial score (nSPS) is 19.6. The van der Waals surface area contributed by atoms with Crippen LogP contribution in [-0.2, 0) is 21.3 Å². The smallest absolute Gasteiger partial charge is 0.322 e. The molecule has 36 heavy (non-hydrogen) atoms. The third-order valence-electron chi connectivity index (χ3n) is 6.52. The van der Waals surface area contributed by atoms with Gasteiger partial charge in [-0.15, -0.1) is 0 Å². The highest BCUT2D eigenvalue weighted by Gasteiger charge is 2.28. The second-order valence-corrected chi connectivity index (χ2v) is 11.3. The molecule has 2 aromatic heterocycles. The maximum atomic E-state index is 13.4. The number of rotatable bonds is 8. The summed E-state index contributed by atoms with van der Waals surface area (Å²) in [7, 11) is -3.65. The number of hydrogen-bond acceptors (Lipinski definition) is 9. The van der Waals surface area contributed by atoms with Crippen LogP contribution in [0.3, 0.4) is 0 Å². The van der Waals surface area contributed by atoms with Gasteiger partial charge in [-0.05, 0) is 36.9 Å². The number of nitrogens with zero attached hydrogens (tertiary/aromatic N) is 5. The first-order valence-electron chi connectivity index (χ1n) is 12.5. The van der Waals surface area contributed by atoms with Gasteiger partial charge in [0.1, 0.15) is 6.10 Å². The highest BCUT2D eigenvalue weighted by Crippen LogP contribution is 2.25. The van der Waals surface area contributed by atoms with Gasteiger partial charge in [0.15, 0.2) is 5.65 Å². The Hall–Kier alpha value is -2.80. The van der Waals surface area contributed by atoms with Gasteiger partial charge < -0.3 is 20.1 Å². The number of aromatic nitrogens is 4. The molecule has 0 radical (unpaired) electrons. The zero-order chi connectivity index (χ0) is 25.1. The molecule has 4 heterocycles. The molecule has 11 nitrogen and oxygen atoms in total. The van der Waals surface area contributed by atoms with Crippen molar-refractivity contribution in [1.29, 1.82) is 0 Å². The van der Waals surface area contributed by atoms with Crippen molar-refractivity contribution >= 4 is 21.6 Å². The third-order valence-corrected chi connectivity index (χ3v) is 8.52.